The lowest BCUT2D eigenvalue weighted by Crippen LogP contribution is -2.10. The Balaban J connectivity index is 3.52. The topological polar surface area (TPSA) is 12.9 Å². The second-order valence-corrected chi connectivity index (χ2v) is 4.74. The molecule has 1 rings (SSSR count). The summed E-state index contributed by atoms with van der Waals surface area (Å²) in [7, 11) is 0. The lowest BCUT2D eigenvalue weighted by Gasteiger charge is -2.19. The average Bonchev–Trinajstić information content (AvgIpc) is 2.13. The van der Waals surface area contributed by atoms with E-state index in [2.05, 4.69) is 20.9 Å². The van der Waals surface area contributed by atoms with Gasteiger partial charge in [0.15, 0.2) is 0 Å². The first kappa shape index (κ1) is 5.50. The van der Waals surface area contributed by atoms with E-state index in [1.165, 1.54) is 12.3 Å². The van der Waals surface area contributed by atoms with Crippen LogP contribution in [-0.4, -0.2) is 4.98 Å². The molecule has 0 aliphatic carbocycles. The maximum atomic E-state index is 8.17. The molecule has 1 aromatic rings. The summed E-state index contributed by atoms with van der Waals surface area (Å²) in [6.45, 7) is 2.84. The van der Waals surface area contributed by atoms with Crippen LogP contribution in [0.2, 0.25) is 0 Å². The number of rotatable bonds is 1. The highest BCUT2D eigenvalue weighted by molar-refractivity contribution is 9.10. The van der Waals surface area contributed by atoms with Gasteiger partial charge in [-0.2, -0.15) is 0 Å². The summed E-state index contributed by atoms with van der Waals surface area (Å²) in [5, 5.41) is 0. The Bertz CT molecular complexity index is 448. The summed E-state index contributed by atoms with van der Waals surface area (Å²) < 4.78 is 39.3. The Labute approximate surface area is 95.7 Å². The van der Waals surface area contributed by atoms with Crippen LogP contribution in [0.15, 0.2) is 16.9 Å². The molecule has 0 N–H and O–H groups in total. The van der Waals surface area contributed by atoms with E-state index in [0.717, 1.165) is 0 Å². The highest BCUT2D eigenvalue weighted by Crippen LogP contribution is 2.23. The SMILES string of the molecule is [2H]C([2H])([2H])c1cc(Br)ncc1C([2H])([2H])C(C)(C)C. The summed E-state index contributed by atoms with van der Waals surface area (Å²) in [4.78, 5) is 3.96. The van der Waals surface area contributed by atoms with Gasteiger partial charge in [0.2, 0.25) is 0 Å². The number of hydrogen-bond donors (Lipinski definition) is 0. The van der Waals surface area contributed by atoms with E-state index >= 15 is 0 Å². The summed E-state index contributed by atoms with van der Waals surface area (Å²) in [5.74, 6) is 0. The molecule has 0 radical (unpaired) electrons. The zero-order chi connectivity index (χ0) is 14.4. The second-order valence-electron chi connectivity index (χ2n) is 3.93. The van der Waals surface area contributed by atoms with Gasteiger partial charge in [-0.15, -0.1) is 0 Å². The second kappa shape index (κ2) is 3.79. The summed E-state index contributed by atoms with van der Waals surface area (Å²) in [5.41, 5.74) is -0.592. The molecule has 13 heavy (non-hydrogen) atoms. The zero-order valence-corrected chi connectivity index (χ0v) is 9.57. The summed E-state index contributed by atoms with van der Waals surface area (Å²) in [6, 6.07) is 1.37. The fourth-order valence-corrected chi connectivity index (χ4v) is 1.26. The Morgan fingerprint density at radius 1 is 1.62 bits per heavy atom. The lowest BCUT2D eigenvalue weighted by molar-refractivity contribution is 0.410. The average molecular weight is 247 g/mol. The van der Waals surface area contributed by atoms with Gasteiger partial charge >= 0.3 is 0 Å². The molecule has 0 spiro atoms. The van der Waals surface area contributed by atoms with Crippen molar-refractivity contribution in [1.82, 2.24) is 4.98 Å². The number of hydrogen-bond acceptors (Lipinski definition) is 1. The van der Waals surface area contributed by atoms with Crippen LogP contribution >= 0.6 is 15.9 Å². The molecule has 0 saturated heterocycles. The van der Waals surface area contributed by atoms with Crippen molar-refractivity contribution in [3.05, 3.63) is 28.0 Å². The standard InChI is InChI=1S/C11H16BrN/c1-8-5-10(12)13-7-9(8)6-11(2,3)4/h5,7H,6H2,1-4H3/i1D3,6D2. The molecule has 1 heterocycles. The van der Waals surface area contributed by atoms with Gasteiger partial charge in [-0.1, -0.05) is 20.8 Å². The number of pyridine rings is 1. The highest BCUT2D eigenvalue weighted by Gasteiger charge is 2.12. The van der Waals surface area contributed by atoms with Crippen LogP contribution in [0, 0.1) is 12.3 Å². The van der Waals surface area contributed by atoms with Gasteiger partial charge in [0.05, 0.1) is 0 Å². The fourth-order valence-electron chi connectivity index (χ4n) is 0.933. The quantitative estimate of drug-likeness (QED) is 0.689. The van der Waals surface area contributed by atoms with Crippen LogP contribution in [0.25, 0.3) is 0 Å². The minimum Gasteiger partial charge on any atom is -0.249 e. The first-order chi connectivity index (χ1) is 7.87. The van der Waals surface area contributed by atoms with Crippen LogP contribution in [0.5, 0.6) is 0 Å². The van der Waals surface area contributed by atoms with Crippen molar-refractivity contribution >= 4 is 15.9 Å². The van der Waals surface area contributed by atoms with Gasteiger partial charge in [-0.3, -0.25) is 0 Å². The van der Waals surface area contributed by atoms with Crippen LogP contribution < -0.4 is 0 Å². The van der Waals surface area contributed by atoms with E-state index in [-0.39, 0.29) is 11.1 Å². The van der Waals surface area contributed by atoms with E-state index in [0.29, 0.717) is 4.60 Å². The molecule has 2 heteroatoms. The molecule has 1 aromatic heterocycles. The molecule has 0 aliphatic rings. The molecule has 1 nitrogen and oxygen atoms in total. The lowest BCUT2D eigenvalue weighted by atomic mass is 9.87. The van der Waals surface area contributed by atoms with E-state index in [1.54, 1.807) is 20.8 Å². The van der Waals surface area contributed by atoms with Gasteiger partial charge in [-0.25, -0.2) is 4.98 Å². The molecule has 0 saturated carbocycles. The Hall–Kier alpha value is -0.370. The largest absolute Gasteiger partial charge is 0.249 e. The predicted octanol–water partition coefficient (Wildman–Crippen LogP) is 3.74. The molecular weight excluding hydrogens is 226 g/mol. The van der Waals surface area contributed by atoms with E-state index in [1.807, 2.05) is 0 Å². The maximum Gasteiger partial charge on any atom is 0.106 e. The smallest absolute Gasteiger partial charge is 0.106 e. The predicted molar refractivity (Wildman–Crippen MR) is 59.8 cm³/mol. The van der Waals surface area contributed by atoms with Crippen LogP contribution in [0.1, 0.15) is 38.8 Å². The molecule has 0 amide bonds. The molecule has 0 bridgehead atoms. The Morgan fingerprint density at radius 3 is 2.85 bits per heavy atom. The summed E-state index contributed by atoms with van der Waals surface area (Å²) in [6.07, 6.45) is -0.471. The van der Waals surface area contributed by atoms with Crippen molar-refractivity contribution < 1.29 is 6.85 Å². The third kappa shape index (κ3) is 3.47. The molecule has 0 fully saturated rings. The minimum atomic E-state index is -2.36. The number of nitrogens with zero attached hydrogens (tertiary/aromatic N) is 1. The van der Waals surface area contributed by atoms with E-state index < -0.39 is 18.6 Å². The van der Waals surface area contributed by atoms with Crippen molar-refractivity contribution in [3.63, 3.8) is 0 Å². The van der Waals surface area contributed by atoms with Crippen molar-refractivity contribution in [1.29, 1.82) is 0 Å². The monoisotopic (exact) mass is 246 g/mol. The van der Waals surface area contributed by atoms with Crippen LogP contribution in [0.3, 0.4) is 0 Å². The van der Waals surface area contributed by atoms with Crippen LogP contribution in [-0.2, 0) is 6.37 Å². The Kier molecular flexibility index (Phi) is 1.60. The van der Waals surface area contributed by atoms with Crippen LogP contribution in [0.4, 0.5) is 0 Å². The molecular formula is C11H16BrN. The van der Waals surface area contributed by atoms with Crippen molar-refractivity contribution in [2.24, 2.45) is 5.41 Å². The molecule has 0 aromatic carbocycles. The maximum absolute atomic E-state index is 8.17. The number of halogens is 1. The van der Waals surface area contributed by atoms with Gasteiger partial charge in [0.1, 0.15) is 4.60 Å². The Morgan fingerprint density at radius 2 is 2.31 bits per heavy atom. The zero-order valence-electron chi connectivity index (χ0n) is 13.0. The molecule has 72 valence electrons. The third-order valence-electron chi connectivity index (χ3n) is 1.38. The highest BCUT2D eigenvalue weighted by atomic mass is 79.9. The van der Waals surface area contributed by atoms with Gasteiger partial charge < -0.3 is 0 Å². The number of aryl methyl sites for hydroxylation is 1. The number of aromatic nitrogens is 1. The van der Waals surface area contributed by atoms with E-state index in [4.69, 9.17) is 6.85 Å². The molecule has 0 aliphatic heterocycles. The third-order valence-corrected chi connectivity index (χ3v) is 1.81. The van der Waals surface area contributed by atoms with Gasteiger partial charge in [0.25, 0.3) is 0 Å². The summed E-state index contributed by atoms with van der Waals surface area (Å²) >= 11 is 3.12. The van der Waals surface area contributed by atoms with Gasteiger partial charge in [0, 0.05) is 13.1 Å². The fraction of sp³-hybridized carbons (Fsp3) is 0.545. The first-order valence-electron chi connectivity index (χ1n) is 6.54. The normalized spacial score (nSPS) is 19.5. The van der Waals surface area contributed by atoms with E-state index in [9.17, 15) is 0 Å². The van der Waals surface area contributed by atoms with Crippen molar-refractivity contribution in [3.8, 4) is 0 Å². The first-order valence-corrected chi connectivity index (χ1v) is 4.83. The molecule has 0 unspecified atom stereocenters. The van der Waals surface area contributed by atoms with Gasteiger partial charge in [-0.05, 0) is 51.8 Å². The molecule has 0 atom stereocenters. The minimum absolute atomic E-state index is 0.00398. The van der Waals surface area contributed by atoms with Crippen molar-refractivity contribution in [2.45, 2.75) is 34.0 Å². The van der Waals surface area contributed by atoms with Crippen molar-refractivity contribution in [2.75, 3.05) is 0 Å².